The van der Waals surface area contributed by atoms with Crippen molar-refractivity contribution < 1.29 is 23.7 Å². The number of hydrogen-bond acceptors (Lipinski definition) is 3. The smallest absolute Gasteiger partial charge is 0.347 e. The minimum atomic E-state index is -4.47. The molecule has 0 heterocycles. The van der Waals surface area contributed by atoms with Crippen LogP contribution in [0.3, 0.4) is 0 Å². The third-order valence-corrected chi connectivity index (χ3v) is 2.14. The average molecular weight is 237 g/mol. The van der Waals surface area contributed by atoms with Gasteiger partial charge in [0.2, 0.25) is 5.91 Å². The Kier molecular flexibility index (Phi) is 5.75. The van der Waals surface area contributed by atoms with E-state index >= 15 is 0 Å². The van der Waals surface area contributed by atoms with E-state index in [1.54, 1.807) is 13.8 Å². The molecule has 0 bridgehead atoms. The van der Waals surface area contributed by atoms with Gasteiger partial charge in [0.05, 0.1) is 12.6 Å². The number of carbonyl (C=O) groups is 1. The zero-order valence-electron chi connectivity index (χ0n) is 8.77. The molecule has 3 N–H and O–H groups in total. The van der Waals surface area contributed by atoms with Crippen LogP contribution >= 0.6 is 7.82 Å². The Labute approximate surface area is 88.6 Å². The molecule has 0 saturated heterocycles. The maximum Gasteiger partial charge on any atom is 0.469 e. The zero-order valence-corrected chi connectivity index (χ0v) is 9.66. The van der Waals surface area contributed by atoms with E-state index in [9.17, 15) is 9.36 Å². The summed E-state index contributed by atoms with van der Waals surface area (Å²) in [7, 11) is -4.47. The third-order valence-electron chi connectivity index (χ3n) is 1.66. The van der Waals surface area contributed by atoms with E-state index in [0.29, 0.717) is 12.0 Å². The van der Waals surface area contributed by atoms with Gasteiger partial charge in [0.1, 0.15) is 0 Å². The van der Waals surface area contributed by atoms with Crippen LogP contribution in [-0.4, -0.2) is 28.3 Å². The first-order chi connectivity index (χ1) is 6.76. The van der Waals surface area contributed by atoms with Crippen molar-refractivity contribution in [3.05, 3.63) is 12.2 Å². The predicted octanol–water partition coefficient (Wildman–Crippen LogP) is 0.567. The van der Waals surface area contributed by atoms with Gasteiger partial charge >= 0.3 is 7.82 Å². The van der Waals surface area contributed by atoms with Gasteiger partial charge in [-0.3, -0.25) is 9.32 Å². The van der Waals surface area contributed by atoms with Gasteiger partial charge in [0, 0.05) is 5.57 Å². The van der Waals surface area contributed by atoms with E-state index in [1.807, 2.05) is 0 Å². The highest BCUT2D eigenvalue weighted by atomic mass is 31.2. The zero-order chi connectivity index (χ0) is 12.1. The van der Waals surface area contributed by atoms with Gasteiger partial charge in [0.25, 0.3) is 0 Å². The predicted molar refractivity (Wildman–Crippen MR) is 55.0 cm³/mol. The number of amides is 1. The van der Waals surface area contributed by atoms with E-state index in [4.69, 9.17) is 9.79 Å². The van der Waals surface area contributed by atoms with Gasteiger partial charge in [-0.25, -0.2) is 4.57 Å². The summed E-state index contributed by atoms with van der Waals surface area (Å²) in [5.41, 5.74) is 0.338. The summed E-state index contributed by atoms with van der Waals surface area (Å²) >= 11 is 0. The lowest BCUT2D eigenvalue weighted by Gasteiger charge is -2.17. The molecule has 0 radical (unpaired) electrons. The highest BCUT2D eigenvalue weighted by Crippen LogP contribution is 2.35. The molecular formula is C8H16NO5P. The number of carbonyl (C=O) groups excluding carboxylic acids is 1. The first-order valence-electron chi connectivity index (χ1n) is 4.42. The number of hydrogen-bond donors (Lipinski definition) is 3. The summed E-state index contributed by atoms with van der Waals surface area (Å²) in [4.78, 5) is 28.1. The van der Waals surface area contributed by atoms with Crippen LogP contribution in [0, 0.1) is 0 Å². The Morgan fingerprint density at radius 3 is 2.47 bits per heavy atom. The summed E-state index contributed by atoms with van der Waals surface area (Å²) < 4.78 is 14.7. The first kappa shape index (κ1) is 14.3. The fourth-order valence-corrected chi connectivity index (χ4v) is 1.13. The van der Waals surface area contributed by atoms with Gasteiger partial charge < -0.3 is 15.1 Å². The van der Waals surface area contributed by atoms with E-state index in [2.05, 4.69) is 16.4 Å². The minimum Gasteiger partial charge on any atom is -0.347 e. The molecule has 6 nitrogen and oxygen atoms in total. The molecular weight excluding hydrogens is 221 g/mol. The van der Waals surface area contributed by atoms with Crippen molar-refractivity contribution >= 4 is 13.7 Å². The third kappa shape index (κ3) is 7.27. The summed E-state index contributed by atoms with van der Waals surface area (Å²) in [5.74, 6) is -0.351. The van der Waals surface area contributed by atoms with Crippen LogP contribution in [0.5, 0.6) is 0 Å². The van der Waals surface area contributed by atoms with Crippen molar-refractivity contribution in [1.82, 2.24) is 5.32 Å². The van der Waals surface area contributed by atoms with Crippen LogP contribution in [0.25, 0.3) is 0 Å². The van der Waals surface area contributed by atoms with E-state index < -0.39 is 13.9 Å². The molecule has 0 spiro atoms. The Bertz CT molecular complexity index is 285. The largest absolute Gasteiger partial charge is 0.469 e. The SMILES string of the molecule is C=C(C)C(=O)NC(CC)COP(=O)(O)O. The molecule has 0 aliphatic carbocycles. The monoisotopic (exact) mass is 237 g/mol. The topological polar surface area (TPSA) is 95.9 Å². The van der Waals surface area contributed by atoms with E-state index in [-0.39, 0.29) is 12.5 Å². The fraction of sp³-hybridized carbons (Fsp3) is 0.625. The molecule has 0 aromatic heterocycles. The minimum absolute atomic E-state index is 0.222. The lowest BCUT2D eigenvalue weighted by atomic mass is 10.2. The lowest BCUT2D eigenvalue weighted by Crippen LogP contribution is -2.37. The molecule has 0 aromatic carbocycles. The molecule has 15 heavy (non-hydrogen) atoms. The molecule has 0 rings (SSSR count). The van der Waals surface area contributed by atoms with Gasteiger partial charge in [-0.2, -0.15) is 0 Å². The number of nitrogens with one attached hydrogen (secondary N) is 1. The van der Waals surface area contributed by atoms with Crippen molar-refractivity contribution in [3.8, 4) is 0 Å². The standard InChI is InChI=1S/C8H16NO5P/c1-4-7(5-14-15(11,12)13)9-8(10)6(2)3/h7H,2,4-5H2,1,3H3,(H,9,10)(H2,11,12,13). The van der Waals surface area contributed by atoms with Gasteiger partial charge in [-0.05, 0) is 13.3 Å². The second kappa shape index (κ2) is 6.02. The van der Waals surface area contributed by atoms with Crippen LogP contribution in [0.4, 0.5) is 0 Å². The molecule has 0 aromatic rings. The Morgan fingerprint density at radius 2 is 2.13 bits per heavy atom. The highest BCUT2D eigenvalue weighted by molar-refractivity contribution is 7.46. The quantitative estimate of drug-likeness (QED) is 0.463. The molecule has 1 atom stereocenters. The van der Waals surface area contributed by atoms with Crippen LogP contribution in [0.1, 0.15) is 20.3 Å². The highest BCUT2D eigenvalue weighted by Gasteiger charge is 2.18. The van der Waals surface area contributed by atoms with Gasteiger partial charge in [-0.15, -0.1) is 0 Å². The molecule has 0 saturated carbocycles. The molecule has 1 amide bonds. The van der Waals surface area contributed by atoms with Crippen molar-refractivity contribution in [2.24, 2.45) is 0 Å². The van der Waals surface area contributed by atoms with Crippen molar-refractivity contribution in [2.45, 2.75) is 26.3 Å². The Hall–Kier alpha value is -0.680. The Morgan fingerprint density at radius 1 is 1.60 bits per heavy atom. The fourth-order valence-electron chi connectivity index (χ4n) is 0.757. The molecule has 0 fully saturated rings. The first-order valence-corrected chi connectivity index (χ1v) is 5.95. The Balaban J connectivity index is 4.10. The van der Waals surface area contributed by atoms with Gasteiger partial charge in [0.15, 0.2) is 0 Å². The van der Waals surface area contributed by atoms with Gasteiger partial charge in [-0.1, -0.05) is 13.5 Å². The second-order valence-electron chi connectivity index (χ2n) is 3.15. The molecule has 0 aliphatic heterocycles. The molecule has 7 heteroatoms. The molecule has 88 valence electrons. The van der Waals surface area contributed by atoms with Crippen LogP contribution < -0.4 is 5.32 Å². The summed E-state index contributed by atoms with van der Waals surface area (Å²) in [6, 6.07) is -0.429. The molecule has 1 unspecified atom stereocenters. The van der Waals surface area contributed by atoms with Crippen molar-refractivity contribution in [2.75, 3.05) is 6.61 Å². The lowest BCUT2D eigenvalue weighted by molar-refractivity contribution is -0.118. The normalized spacial score (nSPS) is 13.3. The maximum atomic E-state index is 11.2. The summed E-state index contributed by atoms with van der Waals surface area (Å²) in [6.07, 6.45) is 0.513. The van der Waals surface area contributed by atoms with Crippen molar-refractivity contribution in [3.63, 3.8) is 0 Å². The van der Waals surface area contributed by atoms with Crippen LogP contribution in [0.15, 0.2) is 12.2 Å². The summed E-state index contributed by atoms with van der Waals surface area (Å²) in [5, 5.41) is 2.53. The van der Waals surface area contributed by atoms with Crippen molar-refractivity contribution in [1.29, 1.82) is 0 Å². The van der Waals surface area contributed by atoms with E-state index in [0.717, 1.165) is 0 Å². The number of phosphoric ester groups is 1. The second-order valence-corrected chi connectivity index (χ2v) is 4.38. The number of rotatable bonds is 6. The maximum absolute atomic E-state index is 11.2. The van der Waals surface area contributed by atoms with Crippen LogP contribution in [-0.2, 0) is 13.9 Å². The number of phosphoric acid groups is 1. The summed E-state index contributed by atoms with van der Waals surface area (Å²) in [6.45, 7) is 6.54. The van der Waals surface area contributed by atoms with E-state index in [1.165, 1.54) is 0 Å². The average Bonchev–Trinajstić information content (AvgIpc) is 2.10. The van der Waals surface area contributed by atoms with Crippen LogP contribution in [0.2, 0.25) is 0 Å². The molecule has 0 aliphatic rings.